The van der Waals surface area contributed by atoms with Gasteiger partial charge >= 0.3 is 0 Å². The van der Waals surface area contributed by atoms with Crippen molar-refractivity contribution >= 4 is 5.57 Å². The number of rotatable bonds is 4. The van der Waals surface area contributed by atoms with Crippen LogP contribution in [0.1, 0.15) is 18.1 Å². The highest BCUT2D eigenvalue weighted by molar-refractivity contribution is 5.79. The van der Waals surface area contributed by atoms with Crippen LogP contribution in [-0.2, 0) is 0 Å². The number of hydrogen-bond acceptors (Lipinski definition) is 0. The zero-order valence-electron chi connectivity index (χ0n) is 10.5. The molecule has 0 aliphatic rings. The molecule has 0 atom stereocenters. The molecule has 0 radical (unpaired) electrons. The van der Waals surface area contributed by atoms with Crippen LogP contribution in [0.2, 0.25) is 0 Å². The molecule has 1 rings (SSSR count). The lowest BCUT2D eigenvalue weighted by Gasteiger charge is -2.08. The molecular formula is C17H18. The molecule has 0 bridgehead atoms. The molecule has 1 aromatic carbocycles. The van der Waals surface area contributed by atoms with Crippen molar-refractivity contribution in [2.45, 2.75) is 13.8 Å². The minimum absolute atomic E-state index is 1.14. The minimum Gasteiger partial charge on any atom is -0.120 e. The first-order valence-electron chi connectivity index (χ1n) is 5.63. The fourth-order valence-electron chi connectivity index (χ4n) is 1.59. The quantitative estimate of drug-likeness (QED) is 0.504. The number of aryl methyl sites for hydroxylation is 1. The third-order valence-corrected chi connectivity index (χ3v) is 2.61. The van der Waals surface area contributed by atoms with Crippen molar-refractivity contribution in [1.82, 2.24) is 0 Å². The van der Waals surface area contributed by atoms with Crippen LogP contribution in [0.15, 0.2) is 73.0 Å². The summed E-state index contributed by atoms with van der Waals surface area (Å²) in [5, 5.41) is 0. The van der Waals surface area contributed by atoms with Crippen LogP contribution >= 0.6 is 0 Å². The summed E-state index contributed by atoms with van der Waals surface area (Å²) in [4.78, 5) is 0. The Hall–Kier alpha value is -2.04. The first kappa shape index (κ1) is 13.0. The Balaban J connectivity index is 3.36. The summed E-state index contributed by atoms with van der Waals surface area (Å²) in [7, 11) is 0. The summed E-state index contributed by atoms with van der Waals surface area (Å²) in [6.45, 7) is 11.6. The van der Waals surface area contributed by atoms with Crippen molar-refractivity contribution in [2.75, 3.05) is 0 Å². The predicted molar refractivity (Wildman–Crippen MR) is 76.8 cm³/mol. The van der Waals surface area contributed by atoms with E-state index in [9.17, 15) is 0 Å². The lowest BCUT2D eigenvalue weighted by atomic mass is 9.96. The largest absolute Gasteiger partial charge is 0.120 e. The van der Waals surface area contributed by atoms with Gasteiger partial charge in [0.1, 0.15) is 0 Å². The number of allylic oxidation sites excluding steroid dienone is 5. The van der Waals surface area contributed by atoms with E-state index in [1.54, 1.807) is 12.2 Å². The fourth-order valence-corrected chi connectivity index (χ4v) is 1.59. The Morgan fingerprint density at radius 1 is 1.24 bits per heavy atom. The molecule has 0 spiro atoms. The third-order valence-electron chi connectivity index (χ3n) is 2.61. The lowest BCUT2D eigenvalue weighted by Crippen LogP contribution is -1.88. The maximum absolute atomic E-state index is 3.83. The Bertz CT molecular complexity index is 507. The summed E-state index contributed by atoms with van der Waals surface area (Å²) in [6.07, 6.45) is 7.36. The van der Waals surface area contributed by atoms with Gasteiger partial charge in [-0.05, 0) is 48.3 Å². The van der Waals surface area contributed by atoms with E-state index in [4.69, 9.17) is 0 Å². The molecule has 0 aliphatic heterocycles. The van der Waals surface area contributed by atoms with Gasteiger partial charge < -0.3 is 0 Å². The molecule has 0 unspecified atom stereocenters. The SMILES string of the molecule is C=CC=C=C/C(=C(/C)C=C)c1ccccc1C. The van der Waals surface area contributed by atoms with Gasteiger partial charge in [0.05, 0.1) is 0 Å². The van der Waals surface area contributed by atoms with E-state index in [0.717, 1.165) is 11.1 Å². The second-order valence-electron chi connectivity index (χ2n) is 3.83. The highest BCUT2D eigenvalue weighted by Crippen LogP contribution is 2.23. The smallest absolute Gasteiger partial charge is 0.00751 e. The van der Waals surface area contributed by atoms with E-state index in [-0.39, 0.29) is 0 Å². The molecule has 0 saturated carbocycles. The molecule has 0 heterocycles. The van der Waals surface area contributed by atoms with Crippen LogP contribution in [-0.4, -0.2) is 0 Å². The molecule has 0 amide bonds. The van der Waals surface area contributed by atoms with Crippen LogP contribution in [0.3, 0.4) is 0 Å². The molecule has 1 aromatic rings. The highest BCUT2D eigenvalue weighted by Gasteiger charge is 2.03. The van der Waals surface area contributed by atoms with Gasteiger partial charge in [0.2, 0.25) is 0 Å². The summed E-state index contributed by atoms with van der Waals surface area (Å²) in [5.41, 5.74) is 7.86. The molecular weight excluding hydrogens is 204 g/mol. The highest BCUT2D eigenvalue weighted by atomic mass is 14.1. The normalized spacial score (nSPS) is 10.9. The fraction of sp³-hybridized carbons (Fsp3) is 0.118. The van der Waals surface area contributed by atoms with E-state index in [0.29, 0.717) is 0 Å². The van der Waals surface area contributed by atoms with Gasteiger partial charge in [-0.2, -0.15) is 0 Å². The van der Waals surface area contributed by atoms with Crippen molar-refractivity contribution < 1.29 is 0 Å². The van der Waals surface area contributed by atoms with Crippen molar-refractivity contribution in [3.8, 4) is 0 Å². The number of benzene rings is 1. The lowest BCUT2D eigenvalue weighted by molar-refractivity contribution is 1.40. The summed E-state index contributed by atoms with van der Waals surface area (Å²) in [5.74, 6) is 0. The minimum atomic E-state index is 1.14. The van der Waals surface area contributed by atoms with E-state index in [1.165, 1.54) is 11.1 Å². The Kier molecular flexibility index (Phi) is 5.00. The van der Waals surface area contributed by atoms with E-state index < -0.39 is 0 Å². The predicted octanol–water partition coefficient (Wildman–Crippen LogP) is 4.85. The van der Waals surface area contributed by atoms with Crippen LogP contribution in [0.4, 0.5) is 0 Å². The first-order valence-corrected chi connectivity index (χ1v) is 5.63. The van der Waals surface area contributed by atoms with Crippen molar-refractivity contribution in [3.05, 3.63) is 84.2 Å². The topological polar surface area (TPSA) is 0 Å². The van der Waals surface area contributed by atoms with Crippen LogP contribution in [0.5, 0.6) is 0 Å². The maximum Gasteiger partial charge on any atom is -0.00751 e. The van der Waals surface area contributed by atoms with Crippen molar-refractivity contribution in [1.29, 1.82) is 0 Å². The zero-order valence-corrected chi connectivity index (χ0v) is 10.5. The Labute approximate surface area is 104 Å². The van der Waals surface area contributed by atoms with E-state index in [1.807, 2.05) is 24.3 Å². The molecule has 0 aliphatic carbocycles. The van der Waals surface area contributed by atoms with E-state index in [2.05, 4.69) is 44.9 Å². The molecule has 0 aromatic heterocycles. The van der Waals surface area contributed by atoms with Gasteiger partial charge in [0.15, 0.2) is 0 Å². The maximum atomic E-state index is 3.83. The second-order valence-corrected chi connectivity index (χ2v) is 3.83. The summed E-state index contributed by atoms with van der Waals surface area (Å²) < 4.78 is 0. The molecule has 86 valence electrons. The summed E-state index contributed by atoms with van der Waals surface area (Å²) >= 11 is 0. The standard InChI is InChI=1S/C17H18/c1-5-7-8-12-16(14(3)6-2)17-13-10-9-11-15(17)4/h5-7,9-13H,1-2H2,3-4H3/b16-14+. The average Bonchev–Trinajstić information content (AvgIpc) is 2.35. The molecule has 0 nitrogen and oxygen atoms in total. The first-order chi connectivity index (χ1) is 8.20. The number of hydrogen-bond donors (Lipinski definition) is 0. The zero-order chi connectivity index (χ0) is 12.7. The van der Waals surface area contributed by atoms with Gasteiger partial charge in [-0.25, -0.2) is 0 Å². The second kappa shape index (κ2) is 6.52. The monoisotopic (exact) mass is 222 g/mol. The Morgan fingerprint density at radius 2 is 1.94 bits per heavy atom. The van der Waals surface area contributed by atoms with Gasteiger partial charge in [0, 0.05) is 0 Å². The molecule has 0 fully saturated rings. The molecule has 0 N–H and O–H groups in total. The van der Waals surface area contributed by atoms with Crippen LogP contribution in [0, 0.1) is 6.92 Å². The van der Waals surface area contributed by atoms with Gasteiger partial charge in [-0.15, -0.1) is 5.73 Å². The van der Waals surface area contributed by atoms with Crippen LogP contribution in [0.25, 0.3) is 5.57 Å². The van der Waals surface area contributed by atoms with Gasteiger partial charge in [0.25, 0.3) is 0 Å². The van der Waals surface area contributed by atoms with Crippen molar-refractivity contribution in [3.63, 3.8) is 0 Å². The third kappa shape index (κ3) is 3.48. The Morgan fingerprint density at radius 3 is 2.53 bits per heavy atom. The molecule has 0 saturated heterocycles. The van der Waals surface area contributed by atoms with Gasteiger partial charge in [-0.1, -0.05) is 49.6 Å². The summed E-state index contributed by atoms with van der Waals surface area (Å²) in [6, 6.07) is 8.31. The average molecular weight is 222 g/mol. The van der Waals surface area contributed by atoms with Crippen molar-refractivity contribution in [2.24, 2.45) is 0 Å². The van der Waals surface area contributed by atoms with Gasteiger partial charge in [-0.3, -0.25) is 0 Å². The van der Waals surface area contributed by atoms with Crippen LogP contribution < -0.4 is 0 Å². The molecule has 17 heavy (non-hydrogen) atoms. The molecule has 0 heteroatoms. The van der Waals surface area contributed by atoms with E-state index >= 15 is 0 Å².